The zero-order valence-electron chi connectivity index (χ0n) is 11.5. The number of benzene rings is 1. The maximum absolute atomic E-state index is 13.1. The Hall–Kier alpha value is -2.10. The summed E-state index contributed by atoms with van der Waals surface area (Å²) in [5.74, 6) is 1.08. The molecule has 4 nitrogen and oxygen atoms in total. The highest BCUT2D eigenvalue weighted by atomic mass is 16.2. The number of hydrogen-bond acceptors (Lipinski definition) is 2. The first-order chi connectivity index (χ1) is 9.74. The second kappa shape index (κ2) is 3.95. The van der Waals surface area contributed by atoms with E-state index in [9.17, 15) is 4.79 Å². The van der Waals surface area contributed by atoms with E-state index in [-0.39, 0.29) is 11.3 Å². The fourth-order valence-corrected chi connectivity index (χ4v) is 3.79. The van der Waals surface area contributed by atoms with Crippen LogP contribution in [0.1, 0.15) is 31.2 Å². The van der Waals surface area contributed by atoms with Crippen LogP contribution in [-0.4, -0.2) is 15.7 Å². The Kier molecular flexibility index (Phi) is 2.31. The lowest BCUT2D eigenvalue weighted by Gasteiger charge is -2.23. The van der Waals surface area contributed by atoms with Crippen molar-refractivity contribution in [3.63, 3.8) is 0 Å². The molecule has 1 aliphatic heterocycles. The van der Waals surface area contributed by atoms with Crippen LogP contribution in [0.4, 0.5) is 11.5 Å². The van der Waals surface area contributed by atoms with E-state index >= 15 is 0 Å². The molecule has 0 atom stereocenters. The summed E-state index contributed by atoms with van der Waals surface area (Å²) in [6.45, 7) is 0. The summed E-state index contributed by atoms with van der Waals surface area (Å²) < 4.78 is 1.77. The van der Waals surface area contributed by atoms with Crippen LogP contribution in [0, 0.1) is 0 Å². The third-order valence-electron chi connectivity index (χ3n) is 4.75. The van der Waals surface area contributed by atoms with E-state index < -0.39 is 0 Å². The minimum Gasteiger partial charge on any atom is -0.273 e. The fourth-order valence-electron chi connectivity index (χ4n) is 3.79. The van der Waals surface area contributed by atoms with Gasteiger partial charge in [0.05, 0.1) is 17.3 Å². The van der Waals surface area contributed by atoms with Gasteiger partial charge in [-0.15, -0.1) is 0 Å². The molecule has 2 aromatic rings. The predicted octanol–water partition coefficient (Wildman–Crippen LogP) is 2.91. The summed E-state index contributed by atoms with van der Waals surface area (Å²) in [4.78, 5) is 15.0. The Morgan fingerprint density at radius 2 is 1.90 bits per heavy atom. The Bertz CT molecular complexity index is 683. The van der Waals surface area contributed by atoms with Crippen LogP contribution in [0.25, 0.3) is 0 Å². The number of carbonyl (C=O) groups excluding carboxylic acids is 1. The minimum absolute atomic E-state index is 0.222. The maximum atomic E-state index is 13.1. The van der Waals surface area contributed by atoms with Crippen LogP contribution in [0.15, 0.2) is 36.5 Å². The summed E-state index contributed by atoms with van der Waals surface area (Å²) in [6, 6.07) is 10.1. The molecule has 4 rings (SSSR count). The molecule has 0 bridgehead atoms. The minimum atomic E-state index is -0.291. The van der Waals surface area contributed by atoms with Crippen molar-refractivity contribution in [1.82, 2.24) is 9.78 Å². The smallest absolute Gasteiger partial charge is 0.243 e. The second-order valence-corrected chi connectivity index (χ2v) is 5.76. The standard InChI is InChI=1S/C16H17N3O/c1-18-14(8-11-17-18)19-13-7-3-2-6-12(13)16(15(19)20)9-4-5-10-16/h2-3,6-8,11H,4-5,9-10H2,1H3. The molecule has 1 aromatic heterocycles. The number of hydrogen-bond donors (Lipinski definition) is 0. The lowest BCUT2D eigenvalue weighted by Crippen LogP contribution is -2.36. The lowest BCUT2D eigenvalue weighted by molar-refractivity contribution is -0.122. The summed E-state index contributed by atoms with van der Waals surface area (Å²) in [5, 5.41) is 4.21. The van der Waals surface area contributed by atoms with Gasteiger partial charge in [-0.2, -0.15) is 5.10 Å². The zero-order chi connectivity index (χ0) is 13.7. The van der Waals surface area contributed by atoms with Gasteiger partial charge in [-0.05, 0) is 24.5 Å². The number of fused-ring (bicyclic) bond motifs is 2. The van der Waals surface area contributed by atoms with Gasteiger partial charge in [-0.25, -0.2) is 0 Å². The molecule has 1 amide bonds. The molecule has 0 N–H and O–H groups in total. The third kappa shape index (κ3) is 1.31. The van der Waals surface area contributed by atoms with Gasteiger partial charge in [0, 0.05) is 13.1 Å². The van der Waals surface area contributed by atoms with Crippen molar-refractivity contribution in [2.24, 2.45) is 7.05 Å². The number of amides is 1. The van der Waals surface area contributed by atoms with Crippen molar-refractivity contribution < 1.29 is 4.79 Å². The van der Waals surface area contributed by atoms with Crippen LogP contribution in [0.5, 0.6) is 0 Å². The van der Waals surface area contributed by atoms with Crippen molar-refractivity contribution in [1.29, 1.82) is 0 Å². The second-order valence-electron chi connectivity index (χ2n) is 5.76. The SMILES string of the molecule is Cn1nccc1N1C(=O)C2(CCCC2)c2ccccc21. The van der Waals surface area contributed by atoms with Crippen LogP contribution < -0.4 is 4.90 Å². The van der Waals surface area contributed by atoms with Crippen molar-refractivity contribution in [3.05, 3.63) is 42.1 Å². The van der Waals surface area contributed by atoms with Crippen LogP contribution in [0.3, 0.4) is 0 Å². The first kappa shape index (κ1) is 11.7. The van der Waals surface area contributed by atoms with Gasteiger partial charge in [0.1, 0.15) is 5.82 Å². The molecule has 0 saturated heterocycles. The zero-order valence-corrected chi connectivity index (χ0v) is 11.5. The van der Waals surface area contributed by atoms with Gasteiger partial charge in [0.2, 0.25) is 5.91 Å². The number of nitrogens with zero attached hydrogens (tertiary/aromatic N) is 3. The average Bonchev–Trinajstić information content (AvgIpc) is 3.14. The molecule has 1 fully saturated rings. The number of carbonyl (C=O) groups is 1. The molecule has 1 saturated carbocycles. The highest BCUT2D eigenvalue weighted by molar-refractivity contribution is 6.12. The van der Waals surface area contributed by atoms with E-state index in [1.165, 1.54) is 5.56 Å². The number of rotatable bonds is 1. The first-order valence-corrected chi connectivity index (χ1v) is 7.16. The quantitative estimate of drug-likeness (QED) is 0.796. The molecule has 2 aliphatic rings. The van der Waals surface area contributed by atoms with E-state index in [1.54, 1.807) is 10.9 Å². The van der Waals surface area contributed by atoms with E-state index in [1.807, 2.05) is 36.2 Å². The summed E-state index contributed by atoms with van der Waals surface area (Å²) in [5.41, 5.74) is 1.94. The monoisotopic (exact) mass is 267 g/mol. The number of aryl methyl sites for hydroxylation is 1. The Labute approximate surface area is 118 Å². The molecule has 2 heterocycles. The van der Waals surface area contributed by atoms with Gasteiger partial charge >= 0.3 is 0 Å². The predicted molar refractivity (Wildman–Crippen MR) is 76.9 cm³/mol. The normalized spacial score (nSPS) is 19.9. The van der Waals surface area contributed by atoms with Gasteiger partial charge in [0.25, 0.3) is 0 Å². The Morgan fingerprint density at radius 1 is 1.15 bits per heavy atom. The molecular weight excluding hydrogens is 250 g/mol. The highest BCUT2D eigenvalue weighted by Crippen LogP contribution is 2.53. The Balaban J connectivity index is 1.94. The van der Waals surface area contributed by atoms with E-state index in [0.717, 1.165) is 37.2 Å². The molecule has 20 heavy (non-hydrogen) atoms. The van der Waals surface area contributed by atoms with Crippen LogP contribution >= 0.6 is 0 Å². The van der Waals surface area contributed by atoms with Gasteiger partial charge in [-0.3, -0.25) is 14.4 Å². The Morgan fingerprint density at radius 3 is 2.60 bits per heavy atom. The third-order valence-corrected chi connectivity index (χ3v) is 4.75. The summed E-state index contributed by atoms with van der Waals surface area (Å²) >= 11 is 0. The molecule has 1 spiro atoms. The molecule has 0 radical (unpaired) electrons. The van der Waals surface area contributed by atoms with E-state index in [4.69, 9.17) is 0 Å². The molecule has 102 valence electrons. The molecule has 0 unspecified atom stereocenters. The van der Waals surface area contributed by atoms with Crippen molar-refractivity contribution in [2.45, 2.75) is 31.1 Å². The number of anilines is 2. The van der Waals surface area contributed by atoms with Gasteiger partial charge < -0.3 is 0 Å². The average molecular weight is 267 g/mol. The molecule has 1 aromatic carbocycles. The van der Waals surface area contributed by atoms with Crippen LogP contribution in [0.2, 0.25) is 0 Å². The highest BCUT2D eigenvalue weighted by Gasteiger charge is 2.52. The van der Waals surface area contributed by atoms with E-state index in [2.05, 4.69) is 11.2 Å². The lowest BCUT2D eigenvalue weighted by atomic mass is 9.80. The van der Waals surface area contributed by atoms with Crippen molar-refractivity contribution >= 4 is 17.4 Å². The number of aromatic nitrogens is 2. The van der Waals surface area contributed by atoms with Gasteiger partial charge in [0.15, 0.2) is 0 Å². The largest absolute Gasteiger partial charge is 0.273 e. The summed E-state index contributed by atoms with van der Waals surface area (Å²) in [6.07, 6.45) is 5.96. The first-order valence-electron chi connectivity index (χ1n) is 7.16. The van der Waals surface area contributed by atoms with Crippen LogP contribution in [-0.2, 0) is 17.3 Å². The fraction of sp³-hybridized carbons (Fsp3) is 0.375. The maximum Gasteiger partial charge on any atom is 0.243 e. The molecule has 1 aliphatic carbocycles. The van der Waals surface area contributed by atoms with Crippen molar-refractivity contribution in [2.75, 3.05) is 4.90 Å². The van der Waals surface area contributed by atoms with Gasteiger partial charge in [-0.1, -0.05) is 31.0 Å². The molecule has 4 heteroatoms. The molecular formula is C16H17N3O. The summed E-state index contributed by atoms with van der Waals surface area (Å²) in [7, 11) is 1.88. The van der Waals surface area contributed by atoms with E-state index in [0.29, 0.717) is 0 Å². The van der Waals surface area contributed by atoms with Crippen molar-refractivity contribution in [3.8, 4) is 0 Å². The number of para-hydroxylation sites is 1. The topological polar surface area (TPSA) is 38.1 Å².